The molecule has 3 fully saturated rings. The van der Waals surface area contributed by atoms with E-state index in [4.69, 9.17) is 6.42 Å². The summed E-state index contributed by atoms with van der Waals surface area (Å²) in [6, 6.07) is 0. The first-order chi connectivity index (χ1) is 15.5. The van der Waals surface area contributed by atoms with Crippen molar-refractivity contribution in [2.75, 3.05) is 0 Å². The summed E-state index contributed by atoms with van der Waals surface area (Å²) < 4.78 is 61.9. The molecular weight excluding hydrogens is 635 g/mol. The van der Waals surface area contributed by atoms with E-state index >= 15 is 0 Å². The number of halogens is 5. The third kappa shape index (κ3) is 7.30. The maximum Gasteiger partial charge on any atom is 1.00 e. The van der Waals surface area contributed by atoms with Crippen LogP contribution in [0.4, 0.5) is 22.0 Å². The molecule has 188 valence electrons. The van der Waals surface area contributed by atoms with Gasteiger partial charge in [0.15, 0.2) is 17.5 Å². The van der Waals surface area contributed by atoms with Gasteiger partial charge in [-0.15, -0.1) is 0 Å². The Morgan fingerprint density at radius 1 is 0.515 bits per heavy atom. The van der Waals surface area contributed by atoms with E-state index in [1.54, 1.807) is 77.0 Å². The van der Waals surface area contributed by atoms with E-state index in [1.807, 2.05) is 0 Å². The molecule has 0 aromatic heterocycles. The zero-order valence-corrected chi connectivity index (χ0v) is 22.0. The second-order valence-corrected chi connectivity index (χ2v) is 12.5. The van der Waals surface area contributed by atoms with E-state index in [0.29, 0.717) is 7.92 Å². The van der Waals surface area contributed by atoms with Crippen LogP contribution >= 0.6 is 7.92 Å². The molecule has 0 nitrogen and oxygen atoms in total. The van der Waals surface area contributed by atoms with Gasteiger partial charge in [-0.25, -0.2) is 22.0 Å². The second kappa shape index (κ2) is 14.2. The molecule has 0 radical (unpaired) electrons. The Bertz CT molecular complexity index is 719. The molecule has 0 heterocycles. The zero-order valence-electron chi connectivity index (χ0n) is 19.0. The fourth-order valence-electron chi connectivity index (χ4n) is 5.75. The molecule has 1 aromatic rings. The summed E-state index contributed by atoms with van der Waals surface area (Å²) in [5.74, 6) is -9.37. The first-order valence-electron chi connectivity index (χ1n) is 12.2. The summed E-state index contributed by atoms with van der Waals surface area (Å²) in [5.41, 5.74) is 2.20. The molecule has 3 aliphatic carbocycles. The predicted octanol–water partition coefficient (Wildman–Crippen LogP) is 8.78. The van der Waals surface area contributed by atoms with Gasteiger partial charge in [-0.1, -0.05) is 71.3 Å². The molecule has 0 amide bonds. The van der Waals surface area contributed by atoms with E-state index < -0.39 is 34.6 Å². The van der Waals surface area contributed by atoms with Crippen molar-refractivity contribution in [2.45, 2.75) is 113 Å². The van der Waals surface area contributed by atoms with Gasteiger partial charge >= 0.3 is 22.4 Å². The van der Waals surface area contributed by atoms with Crippen LogP contribution in [0.25, 0.3) is 0 Å². The smallest absolute Gasteiger partial charge is 0.366 e. The van der Waals surface area contributed by atoms with Crippen LogP contribution < -0.4 is 0 Å². The van der Waals surface area contributed by atoms with Crippen LogP contribution in [-0.2, 0) is 22.4 Å². The van der Waals surface area contributed by atoms with Gasteiger partial charge < -0.3 is 6.42 Å². The van der Waals surface area contributed by atoms with Gasteiger partial charge in [-0.05, 0) is 55.5 Å². The minimum Gasteiger partial charge on any atom is -0.366 e. The van der Waals surface area contributed by atoms with Gasteiger partial charge in [0.2, 0.25) is 0 Å². The molecule has 0 atom stereocenters. The summed E-state index contributed by atoms with van der Waals surface area (Å²) in [6.07, 6.45) is 29.9. The molecule has 33 heavy (non-hydrogen) atoms. The van der Waals surface area contributed by atoms with Gasteiger partial charge in [0.25, 0.3) is 0 Å². The molecule has 0 aliphatic heterocycles. The molecule has 0 N–H and O–H groups in total. The van der Waals surface area contributed by atoms with Crippen molar-refractivity contribution < 1.29 is 44.3 Å². The third-order valence-electron chi connectivity index (χ3n) is 7.32. The monoisotopic (exact) mass is 668 g/mol. The maximum absolute atomic E-state index is 12.5. The van der Waals surface area contributed by atoms with E-state index in [9.17, 15) is 22.0 Å². The van der Waals surface area contributed by atoms with Crippen molar-refractivity contribution in [3.63, 3.8) is 0 Å². The Morgan fingerprint density at radius 3 is 1.06 bits per heavy atom. The first kappa shape index (κ1) is 28.8. The average Bonchev–Trinajstić information content (AvgIpc) is 2.85. The minimum atomic E-state index is -2.24. The van der Waals surface area contributed by atoms with Crippen LogP contribution in [0.3, 0.4) is 0 Å². The third-order valence-corrected chi connectivity index (χ3v) is 11.4. The fourth-order valence-corrected chi connectivity index (χ4v) is 10.4. The van der Waals surface area contributed by atoms with Gasteiger partial charge in [-0.2, -0.15) is 0 Å². The number of benzene rings is 1. The molecule has 3 saturated carbocycles. The van der Waals surface area contributed by atoms with Crippen molar-refractivity contribution >= 4 is 7.92 Å². The van der Waals surface area contributed by atoms with Gasteiger partial charge in [0, 0.05) is 0 Å². The van der Waals surface area contributed by atoms with E-state index in [1.165, 1.54) is 36.2 Å². The van der Waals surface area contributed by atoms with Crippen molar-refractivity contribution in [1.82, 2.24) is 0 Å². The van der Waals surface area contributed by atoms with Crippen LogP contribution in [-0.4, -0.2) is 17.0 Å². The molecule has 7 heteroatoms. The molecule has 4 rings (SSSR count). The second-order valence-electron chi connectivity index (χ2n) is 9.39. The van der Waals surface area contributed by atoms with Crippen molar-refractivity contribution in [3.05, 3.63) is 41.1 Å². The molecule has 0 saturated heterocycles. The van der Waals surface area contributed by atoms with Crippen LogP contribution in [0.2, 0.25) is 0 Å². The molecule has 0 bridgehead atoms. The summed E-state index contributed by atoms with van der Waals surface area (Å²) in [6.45, 7) is 0. The summed E-state index contributed by atoms with van der Waals surface area (Å²) >= 11 is 0. The summed E-state index contributed by atoms with van der Waals surface area (Å²) in [5, 5.41) is 0. The van der Waals surface area contributed by atoms with E-state index in [0.717, 1.165) is 5.92 Å². The predicted molar refractivity (Wildman–Crippen MR) is 120 cm³/mol. The Balaban J connectivity index is 0.000000244. The topological polar surface area (TPSA) is 0 Å². The van der Waals surface area contributed by atoms with Crippen molar-refractivity contribution in [1.29, 1.82) is 0 Å². The Kier molecular flexibility index (Phi) is 12.4. The van der Waals surface area contributed by atoms with Crippen LogP contribution in [0.1, 0.15) is 102 Å². The fraction of sp³-hybridized carbons (Fsp3) is 0.692. The number of hydrogen-bond donors (Lipinski definition) is 0. The largest absolute Gasteiger partial charge is 1.00 e. The van der Waals surface area contributed by atoms with Crippen molar-refractivity contribution in [3.8, 4) is 5.92 Å². The average molecular weight is 668 g/mol. The SMILES string of the molecule is C1CCC(P(C2CCCCC2)C2CCCCC2)CC1.[Au+].[C-]#Cc1c(F)c(F)c(F)c(F)c1F. The van der Waals surface area contributed by atoms with Crippen LogP contribution in [0.5, 0.6) is 0 Å². The Morgan fingerprint density at radius 2 is 0.788 bits per heavy atom. The summed E-state index contributed by atoms with van der Waals surface area (Å²) in [4.78, 5) is 0. The minimum absolute atomic E-state index is 0. The molecule has 1 aromatic carbocycles. The Labute approximate surface area is 212 Å². The first-order valence-corrected chi connectivity index (χ1v) is 13.7. The normalized spacial score (nSPS) is 20.5. The van der Waals surface area contributed by atoms with Crippen LogP contribution in [0, 0.1) is 41.4 Å². The van der Waals surface area contributed by atoms with Crippen LogP contribution in [0.15, 0.2) is 0 Å². The van der Waals surface area contributed by atoms with Crippen molar-refractivity contribution in [2.24, 2.45) is 0 Å². The van der Waals surface area contributed by atoms with E-state index in [2.05, 4.69) is 0 Å². The molecule has 3 aliphatic rings. The quantitative estimate of drug-likeness (QED) is 0.0575. The molecular formula is C26H33AuF5P. The Hall–Kier alpha value is -0.400. The standard InChI is InChI=1S/C18H33P.C8F5.Au/c1-4-10-16(11-5-1)19(17-12-6-2-7-13-17)18-14-8-3-9-15-18;1-2-3-4(9)6(11)8(13)7(12)5(3)10;/h16-18H,1-15H2;;/q;-1;+1. The molecule has 0 unspecified atom stereocenters. The van der Waals surface area contributed by atoms with Gasteiger partial charge in [-0.3, -0.25) is 5.92 Å². The van der Waals surface area contributed by atoms with Gasteiger partial charge in [0.05, 0.1) is 11.6 Å². The molecule has 0 spiro atoms. The summed E-state index contributed by atoms with van der Waals surface area (Å²) in [7, 11) is 0.385. The maximum atomic E-state index is 12.5. The zero-order chi connectivity index (χ0) is 23.1. The number of hydrogen-bond acceptors (Lipinski definition) is 0. The number of rotatable bonds is 3. The van der Waals surface area contributed by atoms with E-state index in [-0.39, 0.29) is 22.4 Å². The van der Waals surface area contributed by atoms with Gasteiger partial charge in [0.1, 0.15) is 0 Å².